The van der Waals surface area contributed by atoms with Gasteiger partial charge >= 0.3 is 0 Å². The first-order valence-corrected chi connectivity index (χ1v) is 16.9. The highest BCUT2D eigenvalue weighted by atomic mass is 32.2. The van der Waals surface area contributed by atoms with E-state index in [1.165, 1.54) is 16.4 Å². The Morgan fingerprint density at radius 2 is 1.36 bits per heavy atom. The van der Waals surface area contributed by atoms with Gasteiger partial charge in [0, 0.05) is 19.0 Å². The Morgan fingerprint density at radius 1 is 0.778 bits per heavy atom. The van der Waals surface area contributed by atoms with E-state index in [1.807, 2.05) is 94.4 Å². The normalized spacial score (nSPS) is 12.6. The molecule has 4 rings (SSSR count). The average molecular weight is 626 g/mol. The van der Waals surface area contributed by atoms with Crippen molar-refractivity contribution in [3.8, 4) is 0 Å². The number of amides is 2. The Kier molecular flexibility index (Phi) is 11.5. The van der Waals surface area contributed by atoms with Crippen LogP contribution in [0.5, 0.6) is 0 Å². The quantitative estimate of drug-likeness (QED) is 0.178. The number of para-hydroxylation sites is 1. The van der Waals surface area contributed by atoms with Crippen LogP contribution >= 0.6 is 0 Å². The predicted octanol–water partition coefficient (Wildman–Crippen LogP) is 6.31. The fourth-order valence-corrected chi connectivity index (χ4v) is 6.73. The monoisotopic (exact) mass is 625 g/mol. The van der Waals surface area contributed by atoms with E-state index < -0.39 is 28.5 Å². The van der Waals surface area contributed by atoms with Crippen LogP contribution in [0.4, 0.5) is 5.69 Å². The molecule has 0 unspecified atom stereocenters. The molecular weight excluding hydrogens is 582 g/mol. The second kappa shape index (κ2) is 15.5. The molecule has 0 fully saturated rings. The van der Waals surface area contributed by atoms with Crippen LogP contribution in [0, 0.1) is 6.92 Å². The van der Waals surface area contributed by atoms with Gasteiger partial charge in [-0.1, -0.05) is 105 Å². The fourth-order valence-electron chi connectivity index (χ4n) is 5.25. The van der Waals surface area contributed by atoms with Crippen LogP contribution < -0.4 is 9.62 Å². The summed E-state index contributed by atoms with van der Waals surface area (Å²) in [7, 11) is -4.14. The number of sulfonamides is 1. The SMILES string of the molecule is CCc1ccccc1N(CC(=O)N(Cc1ccccc1C)[C@H](Cc1ccccc1)C(=O)N[C@@H](C)CC)S(=O)(=O)c1ccccc1. The van der Waals surface area contributed by atoms with Crippen LogP contribution in [0.15, 0.2) is 114 Å². The van der Waals surface area contributed by atoms with E-state index in [-0.39, 0.29) is 29.8 Å². The number of rotatable bonds is 14. The fraction of sp³-hybridized carbons (Fsp3) is 0.297. The smallest absolute Gasteiger partial charge is 0.264 e. The number of nitrogens with zero attached hydrogens (tertiary/aromatic N) is 2. The third-order valence-corrected chi connectivity index (χ3v) is 9.90. The number of aryl methyl sites for hydroxylation is 2. The Balaban J connectivity index is 1.84. The number of carbonyl (C=O) groups excluding carboxylic acids is 2. The topological polar surface area (TPSA) is 86.8 Å². The first kappa shape index (κ1) is 33.5. The van der Waals surface area contributed by atoms with Crippen molar-refractivity contribution in [3.63, 3.8) is 0 Å². The van der Waals surface area contributed by atoms with Gasteiger partial charge in [0.2, 0.25) is 11.8 Å². The maximum Gasteiger partial charge on any atom is 0.264 e. The van der Waals surface area contributed by atoms with Crippen molar-refractivity contribution < 1.29 is 18.0 Å². The molecule has 0 bridgehead atoms. The lowest BCUT2D eigenvalue weighted by molar-refractivity contribution is -0.140. The van der Waals surface area contributed by atoms with Crippen LogP contribution in [-0.4, -0.2) is 43.8 Å². The van der Waals surface area contributed by atoms with E-state index in [9.17, 15) is 18.0 Å². The van der Waals surface area contributed by atoms with Crippen LogP contribution in [0.25, 0.3) is 0 Å². The average Bonchev–Trinajstić information content (AvgIpc) is 3.06. The summed E-state index contributed by atoms with van der Waals surface area (Å²) in [4.78, 5) is 30.3. The molecule has 0 heterocycles. The van der Waals surface area contributed by atoms with Crippen molar-refractivity contribution in [1.82, 2.24) is 10.2 Å². The van der Waals surface area contributed by atoms with Crippen molar-refractivity contribution in [2.45, 2.75) is 70.5 Å². The lowest BCUT2D eigenvalue weighted by atomic mass is 10.0. The summed E-state index contributed by atoms with van der Waals surface area (Å²) in [6, 6.07) is 31.7. The maximum absolute atomic E-state index is 14.7. The van der Waals surface area contributed by atoms with Gasteiger partial charge in [0.25, 0.3) is 10.0 Å². The zero-order valence-corrected chi connectivity index (χ0v) is 27.3. The van der Waals surface area contributed by atoms with Crippen LogP contribution in [0.1, 0.15) is 49.4 Å². The molecule has 0 saturated carbocycles. The molecular formula is C37H43N3O4S. The minimum absolute atomic E-state index is 0.0875. The van der Waals surface area contributed by atoms with Gasteiger partial charge in [-0.15, -0.1) is 0 Å². The first-order valence-electron chi connectivity index (χ1n) is 15.5. The van der Waals surface area contributed by atoms with Crippen molar-refractivity contribution in [1.29, 1.82) is 0 Å². The van der Waals surface area contributed by atoms with Crippen molar-refractivity contribution in [2.75, 3.05) is 10.8 Å². The largest absolute Gasteiger partial charge is 0.352 e. The molecule has 0 aliphatic rings. The second-order valence-electron chi connectivity index (χ2n) is 11.3. The Morgan fingerprint density at radius 3 is 1.98 bits per heavy atom. The predicted molar refractivity (Wildman–Crippen MR) is 180 cm³/mol. The summed E-state index contributed by atoms with van der Waals surface area (Å²) in [5, 5.41) is 3.08. The van der Waals surface area contributed by atoms with Gasteiger partial charge in [-0.05, 0) is 67.1 Å². The molecule has 0 spiro atoms. The van der Waals surface area contributed by atoms with Gasteiger partial charge in [-0.2, -0.15) is 0 Å². The zero-order valence-electron chi connectivity index (χ0n) is 26.5. The van der Waals surface area contributed by atoms with E-state index in [0.29, 0.717) is 12.1 Å². The summed E-state index contributed by atoms with van der Waals surface area (Å²) < 4.78 is 29.6. The standard InChI is InChI=1S/C37H43N3O4S/c1-5-29(4)38-37(42)35(25-30-18-9-7-10-19-30)39(26-32-21-14-13-17-28(32)3)36(41)27-40(34-24-16-15-20-31(34)6-2)45(43,44)33-22-11-8-12-23-33/h7-24,29,35H,5-6,25-27H2,1-4H3,(H,38,42)/t29-,35+/m0/s1. The molecule has 0 aromatic heterocycles. The van der Waals surface area contributed by atoms with Crippen LogP contribution in [0.2, 0.25) is 0 Å². The molecule has 0 aliphatic heterocycles. The van der Waals surface area contributed by atoms with E-state index in [4.69, 9.17) is 0 Å². The first-order chi connectivity index (χ1) is 21.6. The summed E-state index contributed by atoms with van der Waals surface area (Å²) >= 11 is 0. The van der Waals surface area contributed by atoms with Gasteiger partial charge < -0.3 is 10.2 Å². The lowest BCUT2D eigenvalue weighted by Gasteiger charge is -2.35. The summed E-state index contributed by atoms with van der Waals surface area (Å²) in [5.41, 5.74) is 3.99. The molecule has 7 nitrogen and oxygen atoms in total. The third-order valence-electron chi connectivity index (χ3n) is 8.13. The van der Waals surface area contributed by atoms with Gasteiger partial charge in [0.1, 0.15) is 12.6 Å². The minimum atomic E-state index is -4.14. The highest BCUT2D eigenvalue weighted by Crippen LogP contribution is 2.28. The molecule has 236 valence electrons. The highest BCUT2D eigenvalue weighted by Gasteiger charge is 2.35. The number of benzene rings is 4. The number of hydrogen-bond acceptors (Lipinski definition) is 4. The van der Waals surface area contributed by atoms with E-state index >= 15 is 0 Å². The maximum atomic E-state index is 14.7. The molecule has 1 N–H and O–H groups in total. The van der Waals surface area contributed by atoms with Gasteiger partial charge in [0.15, 0.2) is 0 Å². The number of hydrogen-bond donors (Lipinski definition) is 1. The summed E-state index contributed by atoms with van der Waals surface area (Å²) in [5.74, 6) is -0.745. The Labute approximate surface area is 268 Å². The zero-order chi connectivity index (χ0) is 32.4. The van der Waals surface area contributed by atoms with E-state index in [1.54, 1.807) is 35.2 Å². The molecule has 2 atom stereocenters. The van der Waals surface area contributed by atoms with E-state index in [0.717, 1.165) is 28.7 Å². The van der Waals surface area contributed by atoms with Gasteiger partial charge in [-0.25, -0.2) is 8.42 Å². The molecule has 0 radical (unpaired) electrons. The number of anilines is 1. The highest BCUT2D eigenvalue weighted by molar-refractivity contribution is 7.92. The van der Waals surface area contributed by atoms with Crippen LogP contribution in [-0.2, 0) is 39.0 Å². The Hall–Kier alpha value is -4.43. The number of carbonyl (C=O) groups is 2. The van der Waals surface area contributed by atoms with Gasteiger partial charge in [0.05, 0.1) is 10.6 Å². The van der Waals surface area contributed by atoms with Crippen molar-refractivity contribution in [2.24, 2.45) is 0 Å². The lowest BCUT2D eigenvalue weighted by Crippen LogP contribution is -2.54. The molecule has 0 aliphatic carbocycles. The van der Waals surface area contributed by atoms with E-state index in [2.05, 4.69) is 5.32 Å². The third kappa shape index (κ3) is 8.39. The van der Waals surface area contributed by atoms with Gasteiger partial charge in [-0.3, -0.25) is 13.9 Å². The molecule has 2 amide bonds. The second-order valence-corrected chi connectivity index (χ2v) is 13.1. The van der Waals surface area contributed by atoms with Crippen molar-refractivity contribution in [3.05, 3.63) is 131 Å². The summed E-state index contributed by atoms with van der Waals surface area (Å²) in [6.45, 7) is 7.51. The Bertz CT molecular complexity index is 1680. The van der Waals surface area contributed by atoms with Crippen LogP contribution in [0.3, 0.4) is 0 Å². The molecule has 4 aromatic rings. The van der Waals surface area contributed by atoms with Crippen molar-refractivity contribution >= 4 is 27.5 Å². The molecule has 4 aromatic carbocycles. The molecule has 8 heteroatoms. The minimum Gasteiger partial charge on any atom is -0.352 e. The number of nitrogens with one attached hydrogen (secondary N) is 1. The summed E-state index contributed by atoms with van der Waals surface area (Å²) in [6.07, 6.45) is 1.58. The molecule has 0 saturated heterocycles. The molecule has 45 heavy (non-hydrogen) atoms.